The first kappa shape index (κ1) is 34.1. The van der Waals surface area contributed by atoms with Crippen molar-refractivity contribution in [3.05, 3.63) is 0 Å². The number of amides is 4. The van der Waals surface area contributed by atoms with Crippen LogP contribution in [0.1, 0.15) is 118 Å². The lowest BCUT2D eigenvalue weighted by Crippen LogP contribution is -2.57. The zero-order chi connectivity index (χ0) is 31.2. The van der Waals surface area contributed by atoms with E-state index >= 15 is 0 Å². The van der Waals surface area contributed by atoms with Gasteiger partial charge in [-0.25, -0.2) is 13.7 Å². The van der Waals surface area contributed by atoms with Crippen LogP contribution in [0, 0.1) is 5.92 Å². The molecule has 12 nitrogen and oxygen atoms in total. The van der Waals surface area contributed by atoms with Crippen LogP contribution in [-0.2, 0) is 33.6 Å². The quantitative estimate of drug-likeness (QED) is 0.223. The van der Waals surface area contributed by atoms with Gasteiger partial charge in [0.1, 0.15) is 23.7 Å². The van der Waals surface area contributed by atoms with Crippen LogP contribution >= 0.6 is 0 Å². The number of carbonyl (C=O) groups excluding carboxylic acids is 4. The molecule has 1 saturated heterocycles. The molecule has 0 spiro atoms. The Kier molecular flexibility index (Phi) is 11.3. The maximum Gasteiger partial charge on any atom is 0.408 e. The Morgan fingerprint density at radius 2 is 1.69 bits per heavy atom. The first-order valence-corrected chi connectivity index (χ1v) is 16.9. The fourth-order valence-corrected chi connectivity index (χ4v) is 6.96. The second kappa shape index (κ2) is 13.9. The number of likely N-dealkylation sites (tertiary alicyclic amines) is 1. The molecule has 0 aromatic carbocycles. The molecule has 0 aromatic rings. The highest BCUT2D eigenvalue weighted by molar-refractivity contribution is 7.85. The predicted molar refractivity (Wildman–Crippen MR) is 156 cm³/mol. The molecule has 0 unspecified atom stereocenters. The Morgan fingerprint density at radius 1 is 1.00 bits per heavy atom. The van der Waals surface area contributed by atoms with E-state index in [1.54, 1.807) is 20.8 Å². The van der Waals surface area contributed by atoms with Gasteiger partial charge in [-0.2, -0.15) is 8.42 Å². The van der Waals surface area contributed by atoms with E-state index in [4.69, 9.17) is 8.92 Å². The number of hydrogen-bond donors (Lipinski definition) is 3. The summed E-state index contributed by atoms with van der Waals surface area (Å²) in [5, 5.41) is 5.27. The molecule has 42 heavy (non-hydrogen) atoms. The smallest absolute Gasteiger partial charge is 0.408 e. The van der Waals surface area contributed by atoms with Gasteiger partial charge in [0.05, 0.1) is 5.60 Å². The third kappa shape index (κ3) is 9.55. The van der Waals surface area contributed by atoms with Crippen LogP contribution < -0.4 is 15.4 Å². The molecule has 240 valence electrons. The zero-order valence-corrected chi connectivity index (χ0v) is 26.7. The van der Waals surface area contributed by atoms with E-state index in [9.17, 15) is 27.6 Å². The maximum absolute atomic E-state index is 13.5. The third-order valence-corrected chi connectivity index (χ3v) is 9.20. The fraction of sp³-hybridized carbons (Fsp3) is 0.862. The van der Waals surface area contributed by atoms with Crippen molar-refractivity contribution in [2.24, 2.45) is 5.92 Å². The van der Waals surface area contributed by atoms with E-state index in [0.29, 0.717) is 51.5 Å². The lowest BCUT2D eigenvalue weighted by atomic mass is 10.0. The number of hydrogen-bond acceptors (Lipinski definition) is 8. The largest absolute Gasteiger partial charge is 0.444 e. The number of carbonyl (C=O) groups is 4. The van der Waals surface area contributed by atoms with Gasteiger partial charge < -0.3 is 20.3 Å². The van der Waals surface area contributed by atoms with Crippen molar-refractivity contribution in [2.45, 2.75) is 141 Å². The SMILES string of the molecule is CCCCCCC[C@@H]1C[C@]1(NC(=O)[C@@H]1CCCN1C(=O)CNC(=O)OC(C)(C)C)C(=O)NS(=O)(=O)OC1(CCC)CC1. The van der Waals surface area contributed by atoms with Gasteiger partial charge in [0.15, 0.2) is 0 Å². The zero-order valence-electron chi connectivity index (χ0n) is 25.9. The van der Waals surface area contributed by atoms with Crippen LogP contribution in [0.3, 0.4) is 0 Å². The average Bonchev–Trinajstić information content (AvgIpc) is 3.73. The molecule has 3 N–H and O–H groups in total. The highest BCUT2D eigenvalue weighted by Crippen LogP contribution is 2.48. The molecule has 3 atom stereocenters. The summed E-state index contributed by atoms with van der Waals surface area (Å²) in [7, 11) is -4.37. The van der Waals surface area contributed by atoms with E-state index in [1.165, 1.54) is 4.90 Å². The molecule has 0 radical (unpaired) electrons. The van der Waals surface area contributed by atoms with Crippen molar-refractivity contribution in [1.29, 1.82) is 0 Å². The molecule has 3 rings (SSSR count). The molecule has 13 heteroatoms. The van der Waals surface area contributed by atoms with E-state index in [0.717, 1.165) is 38.5 Å². The van der Waals surface area contributed by atoms with Crippen molar-refractivity contribution < 1.29 is 36.5 Å². The van der Waals surface area contributed by atoms with Crippen molar-refractivity contribution in [2.75, 3.05) is 13.1 Å². The predicted octanol–water partition coefficient (Wildman–Crippen LogP) is 3.45. The number of nitrogens with zero attached hydrogens (tertiary/aromatic N) is 1. The van der Waals surface area contributed by atoms with Crippen LogP contribution in [0.15, 0.2) is 0 Å². The van der Waals surface area contributed by atoms with E-state index in [2.05, 4.69) is 22.3 Å². The van der Waals surface area contributed by atoms with Gasteiger partial charge in [-0.1, -0.05) is 52.4 Å². The van der Waals surface area contributed by atoms with E-state index < -0.39 is 56.9 Å². The second-order valence-electron chi connectivity index (χ2n) is 13.1. The Hall–Kier alpha value is -2.41. The normalized spacial score (nSPS) is 24.5. The molecule has 2 aliphatic carbocycles. The Balaban J connectivity index is 1.66. The minimum Gasteiger partial charge on any atom is -0.444 e. The standard InChI is InChI=1S/C29H50N4O8S/c1-6-8-9-10-11-13-21-19-29(21,25(36)32-42(38,39)41-28(15-7-2)16-17-28)31-24(35)22-14-12-18-33(22)23(34)20-30-26(37)40-27(3,4)5/h21-22H,6-20H2,1-5H3,(H,30,37)(H,31,35)(H,32,36)/t21-,22+,29-/m1/s1. The molecular formula is C29H50N4O8S. The van der Waals surface area contributed by atoms with Gasteiger partial charge in [-0.05, 0) is 71.6 Å². The molecule has 1 heterocycles. The monoisotopic (exact) mass is 614 g/mol. The Labute approximate surface area is 250 Å². The lowest BCUT2D eigenvalue weighted by molar-refractivity contribution is -0.139. The summed E-state index contributed by atoms with van der Waals surface area (Å²) in [6.07, 6.45) is 8.96. The summed E-state index contributed by atoms with van der Waals surface area (Å²) in [5.74, 6) is -1.97. The molecule has 3 fully saturated rings. The van der Waals surface area contributed by atoms with Crippen LogP contribution in [0.4, 0.5) is 4.79 Å². The number of rotatable bonds is 16. The van der Waals surface area contributed by atoms with Gasteiger partial charge in [0, 0.05) is 6.54 Å². The summed E-state index contributed by atoms with van der Waals surface area (Å²) < 4.78 is 38.3. The third-order valence-electron chi connectivity index (χ3n) is 8.19. The first-order valence-electron chi connectivity index (χ1n) is 15.5. The van der Waals surface area contributed by atoms with Crippen molar-refractivity contribution in [3.63, 3.8) is 0 Å². The highest BCUT2D eigenvalue weighted by atomic mass is 32.2. The highest BCUT2D eigenvalue weighted by Gasteiger charge is 2.62. The molecule has 1 aliphatic heterocycles. The molecule has 4 amide bonds. The fourth-order valence-electron chi connectivity index (χ4n) is 5.79. The molecule has 0 bridgehead atoms. The van der Waals surface area contributed by atoms with Crippen molar-refractivity contribution in [3.8, 4) is 0 Å². The summed E-state index contributed by atoms with van der Waals surface area (Å²) >= 11 is 0. The minimum absolute atomic E-state index is 0.219. The average molecular weight is 615 g/mol. The first-order chi connectivity index (χ1) is 19.7. The van der Waals surface area contributed by atoms with Crippen molar-refractivity contribution in [1.82, 2.24) is 20.3 Å². The molecular weight excluding hydrogens is 564 g/mol. The number of nitrogens with one attached hydrogen (secondary N) is 3. The summed E-state index contributed by atoms with van der Waals surface area (Å²) in [6, 6.07) is -0.833. The minimum atomic E-state index is -4.37. The van der Waals surface area contributed by atoms with E-state index in [-0.39, 0.29) is 12.5 Å². The van der Waals surface area contributed by atoms with Crippen LogP contribution in [-0.4, -0.2) is 73.0 Å². The van der Waals surface area contributed by atoms with Crippen LogP contribution in [0.2, 0.25) is 0 Å². The second-order valence-corrected chi connectivity index (χ2v) is 14.3. The van der Waals surface area contributed by atoms with Crippen LogP contribution in [0.5, 0.6) is 0 Å². The van der Waals surface area contributed by atoms with Gasteiger partial charge in [0.25, 0.3) is 5.91 Å². The van der Waals surface area contributed by atoms with Gasteiger partial charge >= 0.3 is 16.4 Å². The van der Waals surface area contributed by atoms with Gasteiger partial charge in [-0.3, -0.25) is 14.4 Å². The number of unbranched alkanes of at least 4 members (excludes halogenated alkanes) is 4. The van der Waals surface area contributed by atoms with E-state index in [1.807, 2.05) is 6.92 Å². The lowest BCUT2D eigenvalue weighted by Gasteiger charge is -2.27. The van der Waals surface area contributed by atoms with Crippen LogP contribution in [0.25, 0.3) is 0 Å². The van der Waals surface area contributed by atoms with Gasteiger partial charge in [-0.15, -0.1) is 0 Å². The van der Waals surface area contributed by atoms with Gasteiger partial charge in [0.2, 0.25) is 11.8 Å². The number of ether oxygens (including phenoxy) is 1. The summed E-state index contributed by atoms with van der Waals surface area (Å²) in [4.78, 5) is 53.3. The molecule has 0 aromatic heterocycles. The topological polar surface area (TPSA) is 160 Å². The van der Waals surface area contributed by atoms with Crippen molar-refractivity contribution >= 4 is 34.1 Å². The molecule has 3 aliphatic rings. The maximum atomic E-state index is 13.5. The Morgan fingerprint density at radius 3 is 2.31 bits per heavy atom. The summed E-state index contributed by atoms with van der Waals surface area (Å²) in [6.45, 7) is 9.21. The molecule has 2 saturated carbocycles. The Bertz CT molecular complexity index is 1100. The summed E-state index contributed by atoms with van der Waals surface area (Å²) in [5.41, 5.74) is -2.86. The number of alkyl carbamates (subject to hydrolysis) is 1.